The number of carboxylic acids is 1. The average Bonchev–Trinajstić information content (AvgIpc) is 3.57. The number of likely N-dealkylation sites (N-methyl/N-ethyl adjacent to an activating group) is 1. The quantitative estimate of drug-likeness (QED) is 0.206. The normalized spacial score (nSPS) is 15.7. The second-order valence-electron chi connectivity index (χ2n) is 13.8. The molecule has 1 aliphatic heterocycles. The molecule has 17 heteroatoms. The molecule has 1 saturated heterocycles. The van der Waals surface area contributed by atoms with Gasteiger partial charge in [-0.25, -0.2) is 14.8 Å². The second-order valence-corrected chi connectivity index (χ2v) is 13.8. The van der Waals surface area contributed by atoms with Crippen LogP contribution in [-0.4, -0.2) is 122 Å². The van der Waals surface area contributed by atoms with Gasteiger partial charge in [-0.1, -0.05) is 49.6 Å². The van der Waals surface area contributed by atoms with Crippen LogP contribution < -0.4 is 10.4 Å². The standard InChI is InChI=1S/C35H45N11O.C2HF3O2/c1-42(2)17-8-18-45-25-37-32-33(45)39-31(23-36)40-34(32)46(28-9-5-4-6-10-28)41-35(47)30-12-7-11-29(38-30)27-15-13-26(14-16-27)24-44-21-19-43(3)20-22-44;3-2(4,5)1(6)7/h7,11-16,25,28H,4-6,8-10,17-22,24H2,1-3H3,(H,41,47);(H,6,7). The summed E-state index contributed by atoms with van der Waals surface area (Å²) in [5.74, 6) is -2.59. The molecule has 1 saturated carbocycles. The lowest BCUT2D eigenvalue weighted by atomic mass is 9.95. The molecule has 2 aliphatic rings. The smallest absolute Gasteiger partial charge is 0.475 e. The number of aromatic nitrogens is 5. The van der Waals surface area contributed by atoms with Gasteiger partial charge in [0.25, 0.3) is 5.91 Å². The Hall–Kier alpha value is -5.18. The highest BCUT2D eigenvalue weighted by atomic mass is 19.4. The van der Waals surface area contributed by atoms with Gasteiger partial charge in [0.1, 0.15) is 11.8 Å². The van der Waals surface area contributed by atoms with Gasteiger partial charge in [-0.2, -0.15) is 28.4 Å². The van der Waals surface area contributed by atoms with Gasteiger partial charge in [0.2, 0.25) is 5.82 Å². The minimum absolute atomic E-state index is 0.00673. The van der Waals surface area contributed by atoms with Crippen LogP contribution in [0.1, 0.15) is 60.4 Å². The molecule has 1 aromatic carbocycles. The predicted octanol–water partition coefficient (Wildman–Crippen LogP) is 4.58. The number of amides is 1. The first-order valence-corrected chi connectivity index (χ1v) is 18.0. The van der Waals surface area contributed by atoms with Crippen LogP contribution in [0.3, 0.4) is 0 Å². The minimum Gasteiger partial charge on any atom is -0.475 e. The van der Waals surface area contributed by atoms with Crippen molar-refractivity contribution in [1.82, 2.24) is 44.6 Å². The first-order chi connectivity index (χ1) is 25.8. The molecule has 54 heavy (non-hydrogen) atoms. The van der Waals surface area contributed by atoms with E-state index in [-0.39, 0.29) is 17.8 Å². The van der Waals surface area contributed by atoms with Crippen molar-refractivity contribution in [1.29, 1.82) is 5.26 Å². The van der Waals surface area contributed by atoms with Gasteiger partial charge in [-0.3, -0.25) is 20.1 Å². The van der Waals surface area contributed by atoms with Crippen molar-refractivity contribution in [2.45, 2.75) is 63.8 Å². The number of rotatable bonds is 11. The number of carbonyl (C=O) groups excluding carboxylic acids is 1. The number of piperazine rings is 1. The lowest BCUT2D eigenvalue weighted by molar-refractivity contribution is -0.192. The summed E-state index contributed by atoms with van der Waals surface area (Å²) in [5.41, 5.74) is 7.57. The number of hydrogen-bond acceptors (Lipinski definition) is 11. The Morgan fingerprint density at radius 3 is 2.31 bits per heavy atom. The lowest BCUT2D eigenvalue weighted by Crippen LogP contribution is -2.50. The number of nitrogens with one attached hydrogen (secondary N) is 1. The van der Waals surface area contributed by atoms with E-state index >= 15 is 0 Å². The molecular formula is C37H46F3N11O3. The number of carbonyl (C=O) groups is 2. The van der Waals surface area contributed by atoms with Crippen molar-refractivity contribution in [3.8, 4) is 17.3 Å². The highest BCUT2D eigenvalue weighted by molar-refractivity contribution is 5.95. The number of pyridine rings is 1. The molecule has 2 N–H and O–H groups in total. The van der Waals surface area contributed by atoms with Gasteiger partial charge in [0, 0.05) is 44.8 Å². The molecule has 4 heterocycles. The number of nitrogens with zero attached hydrogens (tertiary/aromatic N) is 10. The maximum Gasteiger partial charge on any atom is 0.490 e. The summed E-state index contributed by atoms with van der Waals surface area (Å²) in [5, 5.41) is 18.8. The summed E-state index contributed by atoms with van der Waals surface area (Å²) < 4.78 is 33.7. The Morgan fingerprint density at radius 1 is 1.00 bits per heavy atom. The zero-order valence-corrected chi connectivity index (χ0v) is 30.8. The zero-order chi connectivity index (χ0) is 38.8. The van der Waals surface area contributed by atoms with Gasteiger partial charge in [0.05, 0.1) is 18.1 Å². The first kappa shape index (κ1) is 40.0. The SMILES string of the molecule is CN(C)CCCn1cnc2c(N(NC(=O)c3cccc(-c4ccc(CN5CCN(C)CC5)cc4)n3)C3CCCCC3)nc(C#N)nc21.O=C(O)C(F)(F)F. The number of benzene rings is 1. The van der Waals surface area contributed by atoms with Crippen LogP contribution in [0, 0.1) is 11.3 Å². The van der Waals surface area contributed by atoms with Crippen molar-refractivity contribution in [3.05, 3.63) is 65.9 Å². The molecule has 3 aromatic heterocycles. The Morgan fingerprint density at radius 2 is 1.69 bits per heavy atom. The molecule has 0 spiro atoms. The number of hydrogen-bond donors (Lipinski definition) is 2. The topological polar surface area (TPSA) is 160 Å². The summed E-state index contributed by atoms with van der Waals surface area (Å²) >= 11 is 0. The molecule has 6 rings (SSSR count). The fourth-order valence-corrected chi connectivity index (χ4v) is 6.46. The van der Waals surface area contributed by atoms with Crippen LogP contribution in [0.2, 0.25) is 0 Å². The van der Waals surface area contributed by atoms with Crippen molar-refractivity contribution in [2.24, 2.45) is 0 Å². The molecule has 0 bridgehead atoms. The van der Waals surface area contributed by atoms with Crippen molar-refractivity contribution in [2.75, 3.05) is 58.9 Å². The van der Waals surface area contributed by atoms with Crippen molar-refractivity contribution >= 4 is 28.9 Å². The third-order valence-corrected chi connectivity index (χ3v) is 9.42. The van der Waals surface area contributed by atoms with Crippen LogP contribution in [0.15, 0.2) is 48.8 Å². The average molecular weight is 750 g/mol. The molecule has 288 valence electrons. The van der Waals surface area contributed by atoms with E-state index in [1.807, 2.05) is 35.8 Å². The molecule has 1 amide bonds. The Kier molecular flexibility index (Phi) is 13.5. The minimum atomic E-state index is -5.08. The predicted molar refractivity (Wildman–Crippen MR) is 196 cm³/mol. The van der Waals surface area contributed by atoms with E-state index in [0.717, 1.165) is 89.1 Å². The molecule has 4 aromatic rings. The third kappa shape index (κ3) is 10.7. The third-order valence-electron chi connectivity index (χ3n) is 9.42. The number of halogens is 3. The van der Waals surface area contributed by atoms with E-state index in [4.69, 9.17) is 14.9 Å². The zero-order valence-electron chi connectivity index (χ0n) is 30.8. The maximum absolute atomic E-state index is 13.9. The van der Waals surface area contributed by atoms with Crippen molar-refractivity contribution in [3.63, 3.8) is 0 Å². The molecule has 0 atom stereocenters. The van der Waals surface area contributed by atoms with Crippen LogP contribution in [-0.2, 0) is 17.9 Å². The number of hydrazine groups is 1. The van der Waals surface area contributed by atoms with Gasteiger partial charge in [-0.15, -0.1) is 0 Å². The van der Waals surface area contributed by atoms with Crippen LogP contribution in [0.25, 0.3) is 22.4 Å². The van der Waals surface area contributed by atoms with E-state index in [2.05, 4.69) is 72.5 Å². The van der Waals surface area contributed by atoms with E-state index in [1.165, 1.54) is 5.56 Å². The highest BCUT2D eigenvalue weighted by Crippen LogP contribution is 2.30. The molecule has 2 fully saturated rings. The van der Waals surface area contributed by atoms with E-state index < -0.39 is 12.1 Å². The summed E-state index contributed by atoms with van der Waals surface area (Å²) in [7, 11) is 6.26. The lowest BCUT2D eigenvalue weighted by Gasteiger charge is -2.35. The maximum atomic E-state index is 13.9. The van der Waals surface area contributed by atoms with Gasteiger partial charge in [0.15, 0.2) is 17.0 Å². The number of anilines is 1. The molecule has 0 unspecified atom stereocenters. The first-order valence-electron chi connectivity index (χ1n) is 18.0. The van der Waals surface area contributed by atoms with E-state index in [0.29, 0.717) is 29.2 Å². The van der Waals surface area contributed by atoms with E-state index in [1.54, 1.807) is 12.4 Å². The number of alkyl halides is 3. The number of aliphatic carboxylic acids is 1. The fraction of sp³-hybridized carbons (Fsp3) is 0.486. The Balaban J connectivity index is 0.000000730. The number of aryl methyl sites for hydroxylation is 1. The monoisotopic (exact) mass is 749 g/mol. The molecule has 14 nitrogen and oxygen atoms in total. The molecular weight excluding hydrogens is 703 g/mol. The Bertz CT molecular complexity index is 1910. The number of fused-ring (bicyclic) bond motifs is 1. The van der Waals surface area contributed by atoms with Crippen LogP contribution >= 0.6 is 0 Å². The molecule has 1 aliphatic carbocycles. The Labute approximate surface area is 312 Å². The number of carboxylic acid groups (broad SMARTS) is 1. The van der Waals surface area contributed by atoms with Gasteiger partial charge < -0.3 is 19.5 Å². The summed E-state index contributed by atoms with van der Waals surface area (Å²) in [6.45, 7) is 6.89. The summed E-state index contributed by atoms with van der Waals surface area (Å²) in [6, 6.07) is 16.1. The van der Waals surface area contributed by atoms with Gasteiger partial charge >= 0.3 is 12.1 Å². The van der Waals surface area contributed by atoms with Crippen LogP contribution in [0.4, 0.5) is 19.0 Å². The number of imidazole rings is 1. The highest BCUT2D eigenvalue weighted by Gasteiger charge is 2.38. The largest absolute Gasteiger partial charge is 0.490 e. The van der Waals surface area contributed by atoms with Crippen LogP contribution in [0.5, 0.6) is 0 Å². The van der Waals surface area contributed by atoms with Gasteiger partial charge in [-0.05, 0) is 64.6 Å². The summed E-state index contributed by atoms with van der Waals surface area (Å²) in [6.07, 6.45) is 2.61. The molecule has 0 radical (unpaired) electrons. The van der Waals surface area contributed by atoms with E-state index in [9.17, 15) is 23.2 Å². The fourth-order valence-electron chi connectivity index (χ4n) is 6.46. The summed E-state index contributed by atoms with van der Waals surface area (Å²) in [4.78, 5) is 48.4. The second kappa shape index (κ2) is 18.2. The van der Waals surface area contributed by atoms with Crippen molar-refractivity contribution < 1.29 is 27.9 Å². The number of nitriles is 1.